The minimum absolute atomic E-state index is 0.158. The van der Waals surface area contributed by atoms with Crippen molar-refractivity contribution in [3.8, 4) is 0 Å². The SMILES string of the molecule is COC(=O)Cc1ccc(S(=O)(=O)N2CC3CCC2C3)cc1. The van der Waals surface area contributed by atoms with Crippen molar-refractivity contribution in [2.75, 3.05) is 13.7 Å². The Bertz CT molecular complexity index is 638. The molecule has 0 amide bonds. The Kier molecular flexibility index (Phi) is 3.75. The van der Waals surface area contributed by atoms with Crippen LogP contribution in [0.2, 0.25) is 0 Å². The Morgan fingerprint density at radius 3 is 2.52 bits per heavy atom. The maximum atomic E-state index is 12.6. The maximum Gasteiger partial charge on any atom is 0.309 e. The zero-order chi connectivity index (χ0) is 15.0. The molecule has 0 spiro atoms. The number of rotatable bonds is 4. The molecule has 1 saturated heterocycles. The van der Waals surface area contributed by atoms with E-state index in [1.165, 1.54) is 7.11 Å². The van der Waals surface area contributed by atoms with Gasteiger partial charge >= 0.3 is 5.97 Å². The van der Waals surface area contributed by atoms with Crippen LogP contribution in [-0.2, 0) is 26.0 Å². The van der Waals surface area contributed by atoms with E-state index in [1.54, 1.807) is 28.6 Å². The summed E-state index contributed by atoms with van der Waals surface area (Å²) in [4.78, 5) is 11.5. The van der Waals surface area contributed by atoms with Crippen molar-refractivity contribution >= 4 is 16.0 Å². The molecule has 2 bridgehead atoms. The molecule has 1 aromatic rings. The van der Waals surface area contributed by atoms with Crippen LogP contribution in [0.3, 0.4) is 0 Å². The van der Waals surface area contributed by atoms with Gasteiger partial charge in [-0.05, 0) is 42.9 Å². The molecule has 1 aliphatic carbocycles. The van der Waals surface area contributed by atoms with Gasteiger partial charge < -0.3 is 4.74 Å². The molecule has 5 nitrogen and oxygen atoms in total. The molecule has 0 N–H and O–H groups in total. The molecular weight excluding hydrogens is 290 g/mol. The third-order valence-electron chi connectivity index (χ3n) is 4.47. The zero-order valence-corrected chi connectivity index (χ0v) is 12.8. The number of piperidine rings is 1. The van der Waals surface area contributed by atoms with Crippen LogP contribution in [0.4, 0.5) is 0 Å². The molecule has 0 aromatic heterocycles. The van der Waals surface area contributed by atoms with Gasteiger partial charge in [-0.3, -0.25) is 4.79 Å². The lowest BCUT2D eigenvalue weighted by Gasteiger charge is -2.26. The summed E-state index contributed by atoms with van der Waals surface area (Å²) in [5.74, 6) is 0.200. The molecule has 2 fully saturated rings. The predicted molar refractivity (Wildman–Crippen MR) is 77.2 cm³/mol. The first kappa shape index (κ1) is 14.5. The van der Waals surface area contributed by atoms with Gasteiger partial charge in [0.1, 0.15) is 0 Å². The van der Waals surface area contributed by atoms with Crippen LogP contribution in [-0.4, -0.2) is 38.4 Å². The van der Waals surface area contributed by atoms with E-state index in [9.17, 15) is 13.2 Å². The van der Waals surface area contributed by atoms with E-state index in [0.29, 0.717) is 17.4 Å². The Morgan fingerprint density at radius 1 is 1.29 bits per heavy atom. The number of esters is 1. The highest BCUT2D eigenvalue weighted by Crippen LogP contribution is 2.40. The Labute approximate surface area is 124 Å². The summed E-state index contributed by atoms with van der Waals surface area (Å²) in [7, 11) is -2.07. The van der Waals surface area contributed by atoms with E-state index in [1.807, 2.05) is 0 Å². The molecule has 6 heteroatoms. The van der Waals surface area contributed by atoms with Crippen LogP contribution in [0.1, 0.15) is 24.8 Å². The molecule has 3 rings (SSSR count). The van der Waals surface area contributed by atoms with Crippen molar-refractivity contribution < 1.29 is 17.9 Å². The van der Waals surface area contributed by atoms with Crippen molar-refractivity contribution in [3.05, 3.63) is 29.8 Å². The fourth-order valence-electron chi connectivity index (χ4n) is 3.33. The summed E-state index contributed by atoms with van der Waals surface area (Å²) in [6, 6.07) is 6.70. The Morgan fingerprint density at radius 2 is 2.00 bits per heavy atom. The second-order valence-corrected chi connectivity index (χ2v) is 7.70. The summed E-state index contributed by atoms with van der Waals surface area (Å²) in [6.45, 7) is 0.650. The number of ether oxygens (including phenoxy) is 1. The van der Waals surface area contributed by atoms with Crippen molar-refractivity contribution in [2.45, 2.75) is 36.6 Å². The van der Waals surface area contributed by atoms with Crippen molar-refractivity contribution in [3.63, 3.8) is 0 Å². The van der Waals surface area contributed by atoms with Gasteiger partial charge in [-0.25, -0.2) is 8.42 Å². The first-order valence-corrected chi connectivity index (χ1v) is 8.62. The van der Waals surface area contributed by atoms with E-state index >= 15 is 0 Å². The molecule has 2 unspecified atom stereocenters. The van der Waals surface area contributed by atoms with E-state index in [0.717, 1.165) is 24.8 Å². The number of carbonyl (C=O) groups excluding carboxylic acids is 1. The van der Waals surface area contributed by atoms with Crippen LogP contribution in [0.15, 0.2) is 29.2 Å². The summed E-state index contributed by atoms with van der Waals surface area (Å²) in [5, 5.41) is 0. The second kappa shape index (κ2) is 5.42. The van der Waals surface area contributed by atoms with Gasteiger partial charge in [0.15, 0.2) is 0 Å². The molecule has 0 radical (unpaired) electrons. The number of carbonyl (C=O) groups is 1. The quantitative estimate of drug-likeness (QED) is 0.792. The fourth-order valence-corrected chi connectivity index (χ4v) is 5.07. The van der Waals surface area contributed by atoms with Crippen LogP contribution in [0.25, 0.3) is 0 Å². The standard InChI is InChI=1S/C15H19NO4S/c1-20-15(17)9-11-3-6-14(7-4-11)21(18,19)16-10-12-2-5-13(16)8-12/h3-4,6-7,12-13H,2,5,8-10H2,1H3. The van der Waals surface area contributed by atoms with E-state index in [4.69, 9.17) is 0 Å². The van der Waals surface area contributed by atoms with Crippen LogP contribution >= 0.6 is 0 Å². The summed E-state index contributed by atoms with van der Waals surface area (Å²) >= 11 is 0. The van der Waals surface area contributed by atoms with Gasteiger partial charge in [0, 0.05) is 12.6 Å². The molecule has 114 valence electrons. The monoisotopic (exact) mass is 309 g/mol. The average Bonchev–Trinajstić information content (AvgIpc) is 3.10. The summed E-state index contributed by atoms with van der Waals surface area (Å²) in [5.41, 5.74) is 0.753. The summed E-state index contributed by atoms with van der Waals surface area (Å²) in [6.07, 6.45) is 3.28. The molecule has 1 aliphatic heterocycles. The maximum absolute atomic E-state index is 12.6. The van der Waals surface area contributed by atoms with Crippen molar-refractivity contribution in [1.82, 2.24) is 4.31 Å². The molecule has 1 aromatic carbocycles. The molecule has 1 saturated carbocycles. The zero-order valence-electron chi connectivity index (χ0n) is 12.0. The first-order chi connectivity index (χ1) is 10.0. The summed E-state index contributed by atoms with van der Waals surface area (Å²) < 4.78 is 31.5. The van der Waals surface area contributed by atoms with E-state index < -0.39 is 10.0 Å². The molecular formula is C15H19NO4S. The molecule has 21 heavy (non-hydrogen) atoms. The normalized spacial score (nSPS) is 25.2. The third kappa shape index (κ3) is 2.70. The van der Waals surface area contributed by atoms with Gasteiger partial charge in [0.25, 0.3) is 0 Å². The number of fused-ring (bicyclic) bond motifs is 2. The highest BCUT2D eigenvalue weighted by atomic mass is 32.2. The van der Waals surface area contributed by atoms with Crippen molar-refractivity contribution in [2.24, 2.45) is 5.92 Å². The first-order valence-electron chi connectivity index (χ1n) is 7.18. The molecule has 1 heterocycles. The number of hydrogen-bond acceptors (Lipinski definition) is 4. The van der Waals surface area contributed by atoms with Gasteiger partial charge in [-0.1, -0.05) is 12.1 Å². The average molecular weight is 309 g/mol. The highest BCUT2D eigenvalue weighted by molar-refractivity contribution is 7.89. The van der Waals surface area contributed by atoms with Gasteiger partial charge in [0.2, 0.25) is 10.0 Å². The fraction of sp³-hybridized carbons (Fsp3) is 0.533. The number of hydrogen-bond donors (Lipinski definition) is 0. The number of sulfonamides is 1. The molecule has 2 aliphatic rings. The minimum atomic E-state index is -3.40. The third-order valence-corrected chi connectivity index (χ3v) is 6.40. The van der Waals surface area contributed by atoms with Gasteiger partial charge in [-0.15, -0.1) is 0 Å². The highest BCUT2D eigenvalue weighted by Gasteiger charge is 2.44. The number of methoxy groups -OCH3 is 1. The smallest absolute Gasteiger partial charge is 0.309 e. The van der Waals surface area contributed by atoms with Crippen LogP contribution < -0.4 is 0 Å². The minimum Gasteiger partial charge on any atom is -0.469 e. The number of nitrogens with zero attached hydrogens (tertiary/aromatic N) is 1. The lowest BCUT2D eigenvalue weighted by molar-refractivity contribution is -0.139. The lowest BCUT2D eigenvalue weighted by Crippen LogP contribution is -2.37. The van der Waals surface area contributed by atoms with E-state index in [2.05, 4.69) is 4.74 Å². The van der Waals surface area contributed by atoms with Crippen molar-refractivity contribution in [1.29, 1.82) is 0 Å². The second-order valence-electron chi connectivity index (χ2n) is 5.80. The topological polar surface area (TPSA) is 63.7 Å². The van der Waals surface area contributed by atoms with E-state index in [-0.39, 0.29) is 18.4 Å². The van der Waals surface area contributed by atoms with Gasteiger partial charge in [0.05, 0.1) is 18.4 Å². The van der Waals surface area contributed by atoms with Gasteiger partial charge in [-0.2, -0.15) is 4.31 Å². The van der Waals surface area contributed by atoms with Crippen LogP contribution in [0.5, 0.6) is 0 Å². The Balaban J connectivity index is 1.78. The Hall–Kier alpha value is -1.40. The van der Waals surface area contributed by atoms with Crippen LogP contribution in [0, 0.1) is 5.92 Å². The number of benzene rings is 1. The molecule has 2 atom stereocenters. The largest absolute Gasteiger partial charge is 0.469 e. The lowest BCUT2D eigenvalue weighted by atomic mass is 10.1. The predicted octanol–water partition coefficient (Wildman–Crippen LogP) is 1.58.